The van der Waals surface area contributed by atoms with Gasteiger partial charge in [0.1, 0.15) is 5.75 Å². The Hall–Kier alpha value is -2.59. The molecule has 0 saturated carbocycles. The molecule has 1 atom stereocenters. The van der Waals surface area contributed by atoms with E-state index in [1.807, 2.05) is 30.3 Å². The van der Waals surface area contributed by atoms with Gasteiger partial charge in [-0.3, -0.25) is 9.69 Å². The molecule has 0 aromatic heterocycles. The number of carbonyl (C=O) groups excluding carboxylic acids is 1. The first-order valence-electron chi connectivity index (χ1n) is 9.14. The highest BCUT2D eigenvalue weighted by Crippen LogP contribution is 2.23. The predicted octanol–water partition coefficient (Wildman–Crippen LogP) is 3.40. The summed E-state index contributed by atoms with van der Waals surface area (Å²) in [6.07, 6.45) is 3.09. The Kier molecular flexibility index (Phi) is 6.08. The van der Waals surface area contributed by atoms with Crippen LogP contribution in [0, 0.1) is 0 Å². The predicted molar refractivity (Wildman–Crippen MR) is 105 cm³/mol. The fourth-order valence-corrected chi connectivity index (χ4v) is 3.22. The van der Waals surface area contributed by atoms with Gasteiger partial charge >= 0.3 is 0 Å². The van der Waals surface area contributed by atoms with Gasteiger partial charge in [-0.25, -0.2) is 0 Å². The molecule has 0 saturated heterocycles. The topological polar surface area (TPSA) is 52.6 Å². The van der Waals surface area contributed by atoms with Gasteiger partial charge in [-0.1, -0.05) is 55.5 Å². The van der Waals surface area contributed by atoms with Gasteiger partial charge in [0.05, 0.1) is 6.54 Å². The zero-order valence-corrected chi connectivity index (χ0v) is 15.2. The Morgan fingerprint density at radius 2 is 1.88 bits per heavy atom. The smallest absolute Gasteiger partial charge is 0.234 e. The molecule has 0 aliphatic carbocycles. The van der Waals surface area contributed by atoms with Gasteiger partial charge in [0.2, 0.25) is 5.91 Å². The number of nitrogens with zero attached hydrogens (tertiary/aromatic N) is 1. The molecule has 2 aromatic rings. The van der Waals surface area contributed by atoms with Gasteiger partial charge in [-0.15, -0.1) is 0 Å². The molecule has 1 heterocycles. The number of rotatable bonds is 6. The molecule has 1 unspecified atom stereocenters. The molecule has 2 aromatic carbocycles. The van der Waals surface area contributed by atoms with Gasteiger partial charge in [-0.2, -0.15) is 0 Å². The molecule has 1 aliphatic heterocycles. The van der Waals surface area contributed by atoms with E-state index in [1.165, 1.54) is 11.1 Å². The van der Waals surface area contributed by atoms with Gasteiger partial charge in [0.15, 0.2) is 0 Å². The Morgan fingerprint density at radius 1 is 1.15 bits per heavy atom. The maximum absolute atomic E-state index is 12.2. The second-order valence-corrected chi connectivity index (χ2v) is 6.88. The van der Waals surface area contributed by atoms with E-state index in [1.54, 1.807) is 12.1 Å². The van der Waals surface area contributed by atoms with Crippen molar-refractivity contribution in [2.75, 3.05) is 26.2 Å². The number of hydrogen-bond acceptors (Lipinski definition) is 3. The van der Waals surface area contributed by atoms with Crippen LogP contribution in [0.1, 0.15) is 30.4 Å². The van der Waals surface area contributed by atoms with Crippen LogP contribution >= 0.6 is 0 Å². The van der Waals surface area contributed by atoms with E-state index in [4.69, 9.17) is 0 Å². The summed E-state index contributed by atoms with van der Waals surface area (Å²) in [5, 5.41) is 12.4. The van der Waals surface area contributed by atoms with Crippen LogP contribution in [0.5, 0.6) is 5.75 Å². The molecule has 136 valence electrons. The average molecular weight is 350 g/mol. The Labute approximate surface area is 155 Å². The van der Waals surface area contributed by atoms with Crippen molar-refractivity contribution in [2.45, 2.75) is 19.3 Å². The fourth-order valence-electron chi connectivity index (χ4n) is 3.22. The van der Waals surface area contributed by atoms with Crippen LogP contribution in [0.2, 0.25) is 0 Å². The number of hydrogen-bond donors (Lipinski definition) is 2. The Morgan fingerprint density at radius 3 is 2.54 bits per heavy atom. The average Bonchev–Trinajstić information content (AvgIpc) is 2.68. The van der Waals surface area contributed by atoms with Crippen molar-refractivity contribution in [3.63, 3.8) is 0 Å². The second kappa shape index (κ2) is 8.68. The summed E-state index contributed by atoms with van der Waals surface area (Å²) in [5.74, 6) is 0.671. The van der Waals surface area contributed by atoms with Crippen LogP contribution < -0.4 is 5.32 Å². The Bertz CT molecular complexity index is 753. The summed E-state index contributed by atoms with van der Waals surface area (Å²) in [4.78, 5) is 14.4. The third kappa shape index (κ3) is 4.96. The molecular formula is C22H26N2O2. The zero-order valence-electron chi connectivity index (χ0n) is 15.2. The second-order valence-electron chi connectivity index (χ2n) is 6.88. The SMILES string of the molecule is CC(CNC(=O)CN1CC=C(c2ccc(O)cc2)CC1)c1ccccc1. The lowest BCUT2D eigenvalue weighted by Crippen LogP contribution is -2.40. The first kappa shape index (κ1) is 18.2. The molecule has 2 N–H and O–H groups in total. The van der Waals surface area contributed by atoms with E-state index in [9.17, 15) is 9.90 Å². The van der Waals surface area contributed by atoms with Gasteiger partial charge in [-0.05, 0) is 41.2 Å². The standard InChI is InChI=1S/C22H26N2O2/c1-17(18-5-3-2-4-6-18)15-23-22(26)16-24-13-11-20(12-14-24)19-7-9-21(25)10-8-19/h2-11,17,25H,12-16H2,1H3,(H,23,26). The van der Waals surface area contributed by atoms with E-state index >= 15 is 0 Å². The van der Waals surface area contributed by atoms with Crippen LogP contribution in [-0.2, 0) is 4.79 Å². The minimum Gasteiger partial charge on any atom is -0.508 e. The fraction of sp³-hybridized carbons (Fsp3) is 0.318. The van der Waals surface area contributed by atoms with Crippen LogP contribution in [0.15, 0.2) is 60.7 Å². The number of phenols is 1. The van der Waals surface area contributed by atoms with Crippen LogP contribution in [-0.4, -0.2) is 42.1 Å². The summed E-state index contributed by atoms with van der Waals surface area (Å²) in [5.41, 5.74) is 3.66. The van der Waals surface area contributed by atoms with Gasteiger partial charge in [0, 0.05) is 19.6 Å². The third-order valence-corrected chi connectivity index (χ3v) is 4.87. The lowest BCUT2D eigenvalue weighted by Gasteiger charge is -2.26. The largest absolute Gasteiger partial charge is 0.508 e. The summed E-state index contributed by atoms with van der Waals surface area (Å²) in [6.45, 7) is 4.86. The lowest BCUT2D eigenvalue weighted by molar-refractivity contribution is -0.122. The van der Waals surface area contributed by atoms with Gasteiger partial charge < -0.3 is 10.4 Å². The monoisotopic (exact) mass is 350 g/mol. The molecule has 4 nitrogen and oxygen atoms in total. The quantitative estimate of drug-likeness (QED) is 0.839. The molecule has 1 amide bonds. The maximum atomic E-state index is 12.2. The normalized spacial score (nSPS) is 16.0. The first-order valence-corrected chi connectivity index (χ1v) is 9.14. The molecule has 0 fully saturated rings. The van der Waals surface area contributed by atoms with Crippen molar-refractivity contribution >= 4 is 11.5 Å². The molecule has 0 spiro atoms. The molecule has 4 heteroatoms. The van der Waals surface area contributed by atoms with Crippen LogP contribution in [0.25, 0.3) is 5.57 Å². The minimum absolute atomic E-state index is 0.0780. The lowest BCUT2D eigenvalue weighted by atomic mass is 9.99. The van der Waals surface area contributed by atoms with E-state index in [2.05, 4.69) is 35.3 Å². The summed E-state index contributed by atoms with van der Waals surface area (Å²) in [7, 11) is 0. The van der Waals surface area contributed by atoms with Crippen molar-refractivity contribution < 1.29 is 9.90 Å². The van der Waals surface area contributed by atoms with Crippen molar-refractivity contribution in [3.05, 3.63) is 71.8 Å². The van der Waals surface area contributed by atoms with Crippen LogP contribution in [0.4, 0.5) is 0 Å². The van der Waals surface area contributed by atoms with Crippen molar-refractivity contribution in [1.82, 2.24) is 10.2 Å². The number of nitrogens with one attached hydrogen (secondary N) is 1. The summed E-state index contributed by atoms with van der Waals surface area (Å²) >= 11 is 0. The van der Waals surface area contributed by atoms with E-state index in [-0.39, 0.29) is 11.7 Å². The molecule has 0 bridgehead atoms. The highest BCUT2D eigenvalue weighted by molar-refractivity contribution is 5.78. The first-order chi connectivity index (χ1) is 12.6. The van der Waals surface area contributed by atoms with E-state index in [0.717, 1.165) is 25.1 Å². The summed E-state index contributed by atoms with van der Waals surface area (Å²) in [6, 6.07) is 17.6. The van der Waals surface area contributed by atoms with Crippen LogP contribution in [0.3, 0.4) is 0 Å². The number of amides is 1. The number of carbonyl (C=O) groups is 1. The number of phenolic OH excluding ortho intramolecular Hbond substituents is 1. The molecule has 0 radical (unpaired) electrons. The molecule has 3 rings (SSSR count). The zero-order chi connectivity index (χ0) is 18.4. The van der Waals surface area contributed by atoms with Crippen molar-refractivity contribution in [2.24, 2.45) is 0 Å². The van der Waals surface area contributed by atoms with Crippen molar-refractivity contribution in [3.8, 4) is 5.75 Å². The third-order valence-electron chi connectivity index (χ3n) is 4.87. The molecular weight excluding hydrogens is 324 g/mol. The van der Waals surface area contributed by atoms with E-state index in [0.29, 0.717) is 19.0 Å². The maximum Gasteiger partial charge on any atom is 0.234 e. The van der Waals surface area contributed by atoms with E-state index < -0.39 is 0 Å². The Balaban J connectivity index is 1.45. The molecule has 1 aliphatic rings. The van der Waals surface area contributed by atoms with Crippen molar-refractivity contribution in [1.29, 1.82) is 0 Å². The summed E-state index contributed by atoms with van der Waals surface area (Å²) < 4.78 is 0. The number of benzene rings is 2. The van der Waals surface area contributed by atoms with Gasteiger partial charge in [0.25, 0.3) is 0 Å². The molecule has 26 heavy (non-hydrogen) atoms. The minimum atomic E-state index is 0.0780. The highest BCUT2D eigenvalue weighted by Gasteiger charge is 2.16. The number of aromatic hydroxyl groups is 1. The highest BCUT2D eigenvalue weighted by atomic mass is 16.3.